The van der Waals surface area contributed by atoms with E-state index in [1.807, 2.05) is 0 Å². The molecule has 0 aliphatic carbocycles. The molecular weight excluding hydrogens is 382 g/mol. The molecule has 2 aromatic rings. The molecular formula is C15H17N3O6S2. The number of thiophene rings is 1. The van der Waals surface area contributed by atoms with Gasteiger partial charge in [0.1, 0.15) is 4.21 Å². The summed E-state index contributed by atoms with van der Waals surface area (Å²) in [5.41, 5.74) is 0.445. The first-order valence-corrected chi connectivity index (χ1v) is 10.1. The number of piperazine rings is 1. The number of sulfonamides is 1. The number of aryl methyl sites for hydroxylation is 2. The molecule has 1 aliphatic heterocycles. The molecule has 26 heavy (non-hydrogen) atoms. The average molecular weight is 399 g/mol. The van der Waals surface area contributed by atoms with E-state index in [1.165, 1.54) is 14.6 Å². The predicted molar refractivity (Wildman–Crippen MR) is 91.9 cm³/mol. The smallest absolute Gasteiger partial charge is 0.336 e. The number of hydrogen-bond acceptors (Lipinski definition) is 7. The molecule has 11 heteroatoms. The van der Waals surface area contributed by atoms with E-state index >= 15 is 0 Å². The second-order valence-electron chi connectivity index (χ2n) is 5.80. The summed E-state index contributed by atoms with van der Waals surface area (Å²) in [7, 11) is -3.78. The van der Waals surface area contributed by atoms with Gasteiger partial charge in [0, 0.05) is 38.5 Å². The monoisotopic (exact) mass is 399 g/mol. The van der Waals surface area contributed by atoms with Gasteiger partial charge in [-0.3, -0.25) is 4.79 Å². The van der Waals surface area contributed by atoms with Crippen molar-refractivity contribution in [3.8, 4) is 0 Å². The summed E-state index contributed by atoms with van der Waals surface area (Å²) in [6.07, 6.45) is 0. The molecule has 0 radical (unpaired) electrons. The Labute approximate surface area is 153 Å². The van der Waals surface area contributed by atoms with Gasteiger partial charge in [0.2, 0.25) is 5.76 Å². The van der Waals surface area contributed by atoms with Crippen LogP contribution in [-0.2, 0) is 10.0 Å². The molecule has 0 bridgehead atoms. The van der Waals surface area contributed by atoms with Crippen molar-refractivity contribution in [1.29, 1.82) is 0 Å². The Hall–Kier alpha value is -2.24. The lowest BCUT2D eigenvalue weighted by molar-refractivity contribution is 0.0661. The molecule has 1 saturated heterocycles. The van der Waals surface area contributed by atoms with Gasteiger partial charge < -0.3 is 14.4 Å². The lowest BCUT2D eigenvalue weighted by atomic mass is 10.3. The van der Waals surface area contributed by atoms with Crippen LogP contribution in [0.2, 0.25) is 0 Å². The van der Waals surface area contributed by atoms with E-state index in [4.69, 9.17) is 9.52 Å². The SMILES string of the molecule is Cc1nc(C)c(C(=O)N2CCN(S(=O)(=O)c3cc(C(=O)O)cs3)CC2)o1. The van der Waals surface area contributed by atoms with E-state index < -0.39 is 16.0 Å². The zero-order chi connectivity index (χ0) is 19.1. The van der Waals surface area contributed by atoms with Crippen molar-refractivity contribution >= 4 is 33.2 Å². The van der Waals surface area contributed by atoms with Gasteiger partial charge in [-0.25, -0.2) is 18.2 Å². The second-order valence-corrected chi connectivity index (χ2v) is 8.88. The number of nitrogens with zero attached hydrogens (tertiary/aromatic N) is 3. The van der Waals surface area contributed by atoms with Crippen molar-refractivity contribution in [2.24, 2.45) is 0 Å². The highest BCUT2D eigenvalue weighted by molar-refractivity contribution is 7.91. The first-order valence-electron chi connectivity index (χ1n) is 7.75. The number of carbonyl (C=O) groups is 2. The van der Waals surface area contributed by atoms with Crippen molar-refractivity contribution in [2.45, 2.75) is 18.1 Å². The van der Waals surface area contributed by atoms with Crippen molar-refractivity contribution in [2.75, 3.05) is 26.2 Å². The molecule has 3 rings (SSSR count). The number of carbonyl (C=O) groups excluding carboxylic acids is 1. The van der Waals surface area contributed by atoms with Crippen LogP contribution in [-0.4, -0.2) is 65.8 Å². The van der Waals surface area contributed by atoms with Gasteiger partial charge in [0.15, 0.2) is 5.89 Å². The lowest BCUT2D eigenvalue weighted by Crippen LogP contribution is -2.50. The van der Waals surface area contributed by atoms with Crippen LogP contribution in [0.4, 0.5) is 0 Å². The number of amides is 1. The van der Waals surface area contributed by atoms with Gasteiger partial charge in [0.25, 0.3) is 15.9 Å². The fraction of sp³-hybridized carbons (Fsp3) is 0.400. The molecule has 140 valence electrons. The van der Waals surface area contributed by atoms with Crippen LogP contribution in [0, 0.1) is 13.8 Å². The number of aromatic nitrogens is 1. The molecule has 0 spiro atoms. The van der Waals surface area contributed by atoms with Crippen LogP contribution in [0.1, 0.15) is 32.5 Å². The maximum atomic E-state index is 12.6. The number of hydrogen-bond donors (Lipinski definition) is 1. The largest absolute Gasteiger partial charge is 0.478 e. The Kier molecular flexibility index (Phi) is 4.86. The van der Waals surface area contributed by atoms with Crippen LogP contribution in [0.15, 0.2) is 20.1 Å². The molecule has 9 nitrogen and oxygen atoms in total. The topological polar surface area (TPSA) is 121 Å². The van der Waals surface area contributed by atoms with Crippen molar-refractivity contribution < 1.29 is 27.5 Å². The quantitative estimate of drug-likeness (QED) is 0.820. The van der Waals surface area contributed by atoms with Crippen molar-refractivity contribution in [3.63, 3.8) is 0 Å². The molecule has 0 aromatic carbocycles. The maximum Gasteiger partial charge on any atom is 0.336 e. The Morgan fingerprint density at radius 1 is 1.23 bits per heavy atom. The number of rotatable bonds is 4. The van der Waals surface area contributed by atoms with Gasteiger partial charge in [-0.15, -0.1) is 11.3 Å². The van der Waals surface area contributed by atoms with Gasteiger partial charge in [-0.2, -0.15) is 4.31 Å². The zero-order valence-corrected chi connectivity index (χ0v) is 15.8. The molecule has 1 amide bonds. The molecule has 2 aromatic heterocycles. The highest BCUT2D eigenvalue weighted by Crippen LogP contribution is 2.25. The third-order valence-electron chi connectivity index (χ3n) is 4.04. The molecule has 0 unspecified atom stereocenters. The standard InChI is InChI=1S/C15H17N3O6S2/c1-9-13(24-10(2)16-9)14(19)17-3-5-18(6-4-17)26(22,23)12-7-11(8-25-12)15(20)21/h7-8H,3-6H2,1-2H3,(H,20,21). The molecule has 1 N–H and O–H groups in total. The third kappa shape index (κ3) is 3.37. The Morgan fingerprint density at radius 2 is 1.88 bits per heavy atom. The van der Waals surface area contributed by atoms with Crippen molar-refractivity contribution in [3.05, 3.63) is 34.4 Å². The molecule has 0 atom stereocenters. The predicted octanol–water partition coefficient (Wildman–Crippen LogP) is 1.20. The summed E-state index contributed by atoms with van der Waals surface area (Å²) in [6.45, 7) is 4.02. The molecule has 1 fully saturated rings. The fourth-order valence-corrected chi connectivity index (χ4v) is 5.42. The van der Waals surface area contributed by atoms with Gasteiger partial charge in [-0.1, -0.05) is 0 Å². The summed E-state index contributed by atoms with van der Waals surface area (Å²) in [6, 6.07) is 1.15. The third-order valence-corrected chi connectivity index (χ3v) is 7.35. The zero-order valence-electron chi connectivity index (χ0n) is 14.1. The van der Waals surface area contributed by atoms with E-state index in [9.17, 15) is 18.0 Å². The molecule has 0 saturated carbocycles. The maximum absolute atomic E-state index is 12.6. The van der Waals surface area contributed by atoms with E-state index in [0.717, 1.165) is 17.4 Å². The van der Waals surface area contributed by atoms with Crippen LogP contribution in [0.5, 0.6) is 0 Å². The normalized spacial score (nSPS) is 16.0. The molecule has 3 heterocycles. The summed E-state index contributed by atoms with van der Waals surface area (Å²) in [5.74, 6) is -0.914. The van der Waals surface area contributed by atoms with E-state index in [0.29, 0.717) is 11.6 Å². The number of carboxylic acid groups (broad SMARTS) is 1. The van der Waals surface area contributed by atoms with Gasteiger partial charge in [0.05, 0.1) is 11.3 Å². The van der Waals surface area contributed by atoms with Crippen LogP contribution in [0.25, 0.3) is 0 Å². The Morgan fingerprint density at radius 3 is 2.38 bits per heavy atom. The Balaban J connectivity index is 1.70. The minimum Gasteiger partial charge on any atom is -0.478 e. The summed E-state index contributed by atoms with van der Waals surface area (Å²) in [5, 5.41) is 10.2. The number of aromatic carboxylic acids is 1. The second kappa shape index (κ2) is 6.82. The lowest BCUT2D eigenvalue weighted by Gasteiger charge is -2.33. The summed E-state index contributed by atoms with van der Waals surface area (Å²) < 4.78 is 31.8. The van der Waals surface area contributed by atoms with Crippen LogP contribution >= 0.6 is 11.3 Å². The average Bonchev–Trinajstić information content (AvgIpc) is 3.21. The fourth-order valence-electron chi connectivity index (χ4n) is 2.70. The number of oxazole rings is 1. The van der Waals surface area contributed by atoms with E-state index in [2.05, 4.69) is 4.98 Å². The van der Waals surface area contributed by atoms with Crippen molar-refractivity contribution in [1.82, 2.24) is 14.2 Å². The van der Waals surface area contributed by atoms with Gasteiger partial charge >= 0.3 is 5.97 Å². The first-order chi connectivity index (χ1) is 12.2. The van der Waals surface area contributed by atoms with Gasteiger partial charge in [-0.05, 0) is 13.0 Å². The van der Waals surface area contributed by atoms with Crippen LogP contribution in [0.3, 0.4) is 0 Å². The first kappa shape index (κ1) is 18.5. The Bertz CT molecular complexity index is 954. The summed E-state index contributed by atoms with van der Waals surface area (Å²) in [4.78, 5) is 29.0. The highest BCUT2D eigenvalue weighted by atomic mass is 32.2. The van der Waals surface area contributed by atoms with E-state index in [-0.39, 0.29) is 47.6 Å². The summed E-state index contributed by atoms with van der Waals surface area (Å²) >= 11 is 0.873. The minimum atomic E-state index is -3.78. The number of carboxylic acids is 1. The molecule has 1 aliphatic rings. The van der Waals surface area contributed by atoms with Crippen LogP contribution < -0.4 is 0 Å². The van der Waals surface area contributed by atoms with E-state index in [1.54, 1.807) is 13.8 Å². The minimum absolute atomic E-state index is 0.0172. The highest BCUT2D eigenvalue weighted by Gasteiger charge is 2.33.